The SMILES string of the molecule is COc1cc(C(=O)N2CCC3(CC2)NC(=O)c2cc(C)c(C)cc2O3)nc2c(SC)cccc12. The Kier molecular flexibility index (Phi) is 5.64. The van der Waals surface area contributed by atoms with Crippen LogP contribution in [0.15, 0.2) is 41.3 Å². The van der Waals surface area contributed by atoms with Gasteiger partial charge in [-0.1, -0.05) is 6.07 Å². The minimum Gasteiger partial charge on any atom is -0.496 e. The number of carbonyl (C=O) groups is 2. The average Bonchev–Trinajstić information content (AvgIpc) is 2.84. The molecule has 0 unspecified atom stereocenters. The van der Waals surface area contributed by atoms with E-state index in [2.05, 4.69) is 5.32 Å². The van der Waals surface area contributed by atoms with Gasteiger partial charge < -0.3 is 19.7 Å². The molecule has 0 atom stereocenters. The molecule has 1 saturated heterocycles. The first-order valence-electron chi connectivity index (χ1n) is 11.3. The van der Waals surface area contributed by atoms with Gasteiger partial charge in [-0.2, -0.15) is 0 Å². The lowest BCUT2D eigenvalue weighted by Gasteiger charge is -2.44. The monoisotopic (exact) mass is 477 g/mol. The summed E-state index contributed by atoms with van der Waals surface area (Å²) in [6, 6.07) is 11.4. The molecule has 3 heterocycles. The molecule has 3 aromatic rings. The van der Waals surface area contributed by atoms with Gasteiger partial charge in [-0.15, -0.1) is 11.8 Å². The molecule has 7 nitrogen and oxygen atoms in total. The molecule has 34 heavy (non-hydrogen) atoms. The molecule has 0 bridgehead atoms. The van der Waals surface area contributed by atoms with Gasteiger partial charge in [0.2, 0.25) is 0 Å². The number of hydrogen-bond donors (Lipinski definition) is 1. The molecule has 2 aliphatic heterocycles. The number of thioether (sulfide) groups is 1. The van der Waals surface area contributed by atoms with E-state index in [0.29, 0.717) is 48.7 Å². The maximum atomic E-state index is 13.4. The molecular weight excluding hydrogens is 450 g/mol. The summed E-state index contributed by atoms with van der Waals surface area (Å²) in [5, 5.41) is 3.93. The fourth-order valence-electron chi connectivity index (χ4n) is 4.66. The third kappa shape index (κ3) is 3.76. The number of aryl methyl sites for hydroxylation is 2. The Balaban J connectivity index is 1.38. The molecule has 1 N–H and O–H groups in total. The van der Waals surface area contributed by atoms with Crippen LogP contribution in [0.4, 0.5) is 0 Å². The van der Waals surface area contributed by atoms with Crippen LogP contribution in [0.1, 0.15) is 44.8 Å². The molecule has 0 saturated carbocycles. The van der Waals surface area contributed by atoms with Crippen LogP contribution in [0.2, 0.25) is 0 Å². The zero-order valence-corrected chi connectivity index (χ0v) is 20.5. The molecule has 0 radical (unpaired) electrons. The Morgan fingerprint density at radius 3 is 2.62 bits per heavy atom. The summed E-state index contributed by atoms with van der Waals surface area (Å²) in [5.74, 6) is 0.953. The number of para-hydroxylation sites is 1. The van der Waals surface area contributed by atoms with Crippen LogP contribution in [0.3, 0.4) is 0 Å². The fourth-order valence-corrected chi connectivity index (χ4v) is 5.22. The predicted molar refractivity (Wildman–Crippen MR) is 132 cm³/mol. The Bertz CT molecular complexity index is 1320. The maximum Gasteiger partial charge on any atom is 0.272 e. The quantitative estimate of drug-likeness (QED) is 0.566. The number of fused-ring (bicyclic) bond motifs is 2. The van der Waals surface area contributed by atoms with Crippen molar-refractivity contribution in [3.8, 4) is 11.5 Å². The van der Waals surface area contributed by atoms with E-state index in [1.807, 2.05) is 50.4 Å². The van der Waals surface area contributed by atoms with Gasteiger partial charge in [0, 0.05) is 42.3 Å². The van der Waals surface area contributed by atoms with Crippen LogP contribution in [0.25, 0.3) is 10.9 Å². The van der Waals surface area contributed by atoms with Crippen molar-refractivity contribution in [1.82, 2.24) is 15.2 Å². The summed E-state index contributed by atoms with van der Waals surface area (Å²) in [5.41, 5.74) is 3.00. The average molecular weight is 478 g/mol. The van der Waals surface area contributed by atoms with Crippen molar-refractivity contribution in [3.05, 3.63) is 58.8 Å². The number of pyridine rings is 1. The maximum absolute atomic E-state index is 13.4. The first-order valence-corrected chi connectivity index (χ1v) is 12.5. The highest BCUT2D eigenvalue weighted by Crippen LogP contribution is 2.36. The number of methoxy groups -OCH3 is 1. The van der Waals surface area contributed by atoms with Crippen LogP contribution in [0, 0.1) is 13.8 Å². The Hall–Kier alpha value is -3.26. The van der Waals surface area contributed by atoms with Crippen LogP contribution in [-0.2, 0) is 0 Å². The minimum absolute atomic E-state index is 0.130. The van der Waals surface area contributed by atoms with Crippen LogP contribution >= 0.6 is 11.8 Å². The number of nitrogens with zero attached hydrogens (tertiary/aromatic N) is 2. The summed E-state index contributed by atoms with van der Waals surface area (Å²) in [6.07, 6.45) is 2.98. The number of rotatable bonds is 3. The highest BCUT2D eigenvalue weighted by molar-refractivity contribution is 7.98. The fraction of sp³-hybridized carbons (Fsp3) is 0.346. The Labute approximate surface area is 202 Å². The number of benzene rings is 2. The molecule has 5 rings (SSSR count). The lowest BCUT2D eigenvalue weighted by atomic mass is 9.95. The van der Waals surface area contributed by atoms with Crippen molar-refractivity contribution >= 4 is 34.5 Å². The molecule has 2 amide bonds. The number of piperidine rings is 1. The second kappa shape index (κ2) is 8.51. The molecule has 2 aromatic carbocycles. The minimum atomic E-state index is -0.802. The topological polar surface area (TPSA) is 80.8 Å². The van der Waals surface area contributed by atoms with Gasteiger partial charge in [-0.05, 0) is 55.5 Å². The number of hydrogen-bond acceptors (Lipinski definition) is 6. The number of amides is 2. The van der Waals surface area contributed by atoms with E-state index >= 15 is 0 Å². The van der Waals surface area contributed by atoms with E-state index in [1.165, 1.54) is 0 Å². The number of nitrogens with one attached hydrogen (secondary N) is 1. The molecule has 1 fully saturated rings. The van der Waals surface area contributed by atoms with E-state index in [0.717, 1.165) is 26.9 Å². The normalized spacial score (nSPS) is 16.7. The summed E-state index contributed by atoms with van der Waals surface area (Å²) in [6.45, 7) is 4.89. The van der Waals surface area contributed by atoms with Crippen molar-refractivity contribution in [3.63, 3.8) is 0 Å². The van der Waals surface area contributed by atoms with Gasteiger partial charge >= 0.3 is 0 Å². The summed E-state index contributed by atoms with van der Waals surface area (Å²) in [7, 11) is 1.60. The van der Waals surface area contributed by atoms with Crippen molar-refractivity contribution in [2.75, 3.05) is 26.5 Å². The highest BCUT2D eigenvalue weighted by atomic mass is 32.2. The van der Waals surface area contributed by atoms with E-state index in [1.54, 1.807) is 29.8 Å². The van der Waals surface area contributed by atoms with Crippen molar-refractivity contribution in [1.29, 1.82) is 0 Å². The second-order valence-corrected chi connectivity index (χ2v) is 9.69. The second-order valence-electron chi connectivity index (χ2n) is 8.84. The first-order chi connectivity index (χ1) is 16.3. The highest BCUT2D eigenvalue weighted by Gasteiger charge is 2.43. The summed E-state index contributed by atoms with van der Waals surface area (Å²) >= 11 is 1.58. The number of aromatic nitrogens is 1. The van der Waals surface area contributed by atoms with Gasteiger partial charge in [-0.3, -0.25) is 9.59 Å². The number of carbonyl (C=O) groups excluding carboxylic acids is 2. The standard InChI is InChI=1S/C26H27N3O4S/c1-15-12-18-21(13-16(15)2)33-26(28-24(18)30)8-10-29(11-9-26)25(31)19-14-20(32-3)17-6-5-7-22(34-4)23(17)27-19/h5-7,12-14H,8-11H2,1-4H3,(H,28,30). The van der Waals surface area contributed by atoms with Gasteiger partial charge in [0.05, 0.1) is 18.2 Å². The van der Waals surface area contributed by atoms with Crippen LogP contribution < -0.4 is 14.8 Å². The first kappa shape index (κ1) is 22.5. The van der Waals surface area contributed by atoms with E-state index in [-0.39, 0.29) is 11.8 Å². The van der Waals surface area contributed by atoms with E-state index in [4.69, 9.17) is 14.5 Å². The van der Waals surface area contributed by atoms with Gasteiger partial charge in [0.25, 0.3) is 11.8 Å². The third-order valence-electron chi connectivity index (χ3n) is 6.77. The van der Waals surface area contributed by atoms with Crippen LogP contribution in [0.5, 0.6) is 11.5 Å². The van der Waals surface area contributed by atoms with Crippen molar-refractivity contribution < 1.29 is 19.1 Å². The number of likely N-dealkylation sites (tertiary alicyclic amines) is 1. The lowest BCUT2D eigenvalue weighted by molar-refractivity contribution is -0.0247. The molecular formula is C26H27N3O4S. The smallest absolute Gasteiger partial charge is 0.272 e. The zero-order chi connectivity index (χ0) is 24.0. The van der Waals surface area contributed by atoms with Gasteiger partial charge in [-0.25, -0.2) is 4.98 Å². The van der Waals surface area contributed by atoms with Crippen molar-refractivity contribution in [2.24, 2.45) is 0 Å². The third-order valence-corrected chi connectivity index (χ3v) is 7.54. The molecule has 1 aromatic heterocycles. The molecule has 2 aliphatic rings. The molecule has 1 spiro atoms. The largest absolute Gasteiger partial charge is 0.496 e. The summed E-state index contributed by atoms with van der Waals surface area (Å²) in [4.78, 5) is 33.7. The molecule has 0 aliphatic carbocycles. The molecule has 176 valence electrons. The predicted octanol–water partition coefficient (Wildman–Crippen LogP) is 4.34. The van der Waals surface area contributed by atoms with E-state index < -0.39 is 5.72 Å². The summed E-state index contributed by atoms with van der Waals surface area (Å²) < 4.78 is 11.9. The van der Waals surface area contributed by atoms with Gasteiger partial charge in [0.15, 0.2) is 5.72 Å². The molecule has 8 heteroatoms. The van der Waals surface area contributed by atoms with E-state index in [9.17, 15) is 9.59 Å². The Morgan fingerprint density at radius 2 is 1.91 bits per heavy atom. The van der Waals surface area contributed by atoms with Gasteiger partial charge in [0.1, 0.15) is 17.2 Å². The zero-order valence-electron chi connectivity index (χ0n) is 19.7. The number of ether oxygens (including phenoxy) is 2. The Morgan fingerprint density at radius 1 is 1.18 bits per heavy atom. The van der Waals surface area contributed by atoms with Crippen molar-refractivity contribution in [2.45, 2.75) is 37.3 Å². The lowest BCUT2D eigenvalue weighted by Crippen LogP contribution is -2.61. The van der Waals surface area contributed by atoms with Crippen LogP contribution in [-0.4, -0.2) is 53.9 Å².